The molecule has 67 heavy (non-hydrogen) atoms. The van der Waals surface area contributed by atoms with Crippen LogP contribution in [0.25, 0.3) is 99.9 Å². The number of fused-ring (bicyclic) bond motifs is 7. The molecule has 0 atom stereocenters. The van der Waals surface area contributed by atoms with Crippen LogP contribution in [0.1, 0.15) is 22.3 Å². The summed E-state index contributed by atoms with van der Waals surface area (Å²) in [6, 6.07) is 89.6. The first kappa shape index (κ1) is 38.6. The van der Waals surface area contributed by atoms with E-state index in [1.807, 2.05) is 18.2 Å². The van der Waals surface area contributed by atoms with Crippen LogP contribution in [0, 0.1) is 0 Å². The third-order valence-electron chi connectivity index (χ3n) is 13.8. The van der Waals surface area contributed by atoms with Gasteiger partial charge >= 0.3 is 0 Å². The van der Waals surface area contributed by atoms with Crippen molar-refractivity contribution in [2.24, 2.45) is 0 Å². The molecule has 1 aromatic heterocycles. The fourth-order valence-corrected chi connectivity index (χ4v) is 10.8. The summed E-state index contributed by atoms with van der Waals surface area (Å²) in [5.74, 6) is 1.88. The first-order chi connectivity index (χ1) is 33.2. The van der Waals surface area contributed by atoms with Crippen LogP contribution in [0.2, 0.25) is 0 Å². The van der Waals surface area contributed by atoms with Crippen LogP contribution in [-0.4, -0.2) is 15.0 Å². The van der Waals surface area contributed by atoms with Gasteiger partial charge in [-0.2, -0.15) is 0 Å². The molecule has 0 aliphatic heterocycles. The van der Waals surface area contributed by atoms with Crippen LogP contribution in [0.3, 0.4) is 0 Å². The fourth-order valence-electron chi connectivity index (χ4n) is 10.8. The second-order valence-corrected chi connectivity index (χ2v) is 17.5. The van der Waals surface area contributed by atoms with Crippen LogP contribution in [0.15, 0.2) is 249 Å². The molecule has 0 spiro atoms. The summed E-state index contributed by atoms with van der Waals surface area (Å²) in [6.45, 7) is 0. The third-order valence-corrected chi connectivity index (χ3v) is 13.8. The molecule has 0 fully saturated rings. The Morgan fingerprint density at radius 3 is 1.48 bits per heavy atom. The highest BCUT2D eigenvalue weighted by Gasteiger charge is 2.46. The molecule has 0 radical (unpaired) electrons. The minimum Gasteiger partial charge on any atom is -0.208 e. The van der Waals surface area contributed by atoms with Gasteiger partial charge in [-0.1, -0.05) is 224 Å². The predicted octanol–water partition coefficient (Wildman–Crippen LogP) is 16.0. The summed E-state index contributed by atoms with van der Waals surface area (Å²) in [5, 5.41) is 7.48. The van der Waals surface area contributed by atoms with Gasteiger partial charge < -0.3 is 0 Å². The Labute approximate surface area is 389 Å². The van der Waals surface area contributed by atoms with Gasteiger partial charge in [-0.15, -0.1) is 0 Å². The first-order valence-corrected chi connectivity index (χ1v) is 22.9. The Kier molecular flexibility index (Phi) is 9.07. The minimum absolute atomic E-state index is 0.487. The molecular formula is C64H41N3. The average molecular weight is 852 g/mol. The third kappa shape index (κ3) is 6.31. The molecular weight excluding hydrogens is 811 g/mol. The summed E-state index contributed by atoms with van der Waals surface area (Å²) in [7, 11) is 0. The number of benzene rings is 11. The lowest BCUT2D eigenvalue weighted by Gasteiger charge is -2.33. The van der Waals surface area contributed by atoms with E-state index in [0.717, 1.165) is 27.8 Å². The predicted molar refractivity (Wildman–Crippen MR) is 277 cm³/mol. The maximum Gasteiger partial charge on any atom is 0.164 e. The Morgan fingerprint density at radius 2 is 0.761 bits per heavy atom. The zero-order chi connectivity index (χ0) is 44.3. The Hall–Kier alpha value is -8.79. The monoisotopic (exact) mass is 851 g/mol. The van der Waals surface area contributed by atoms with Gasteiger partial charge in [-0.25, -0.2) is 15.0 Å². The van der Waals surface area contributed by atoms with Crippen LogP contribution in [0.4, 0.5) is 0 Å². The van der Waals surface area contributed by atoms with E-state index in [0.29, 0.717) is 17.5 Å². The second kappa shape index (κ2) is 15.7. The van der Waals surface area contributed by atoms with Gasteiger partial charge in [-0.05, 0) is 112 Å². The highest BCUT2D eigenvalue weighted by molar-refractivity contribution is 6.20. The van der Waals surface area contributed by atoms with Crippen molar-refractivity contribution in [3.05, 3.63) is 271 Å². The molecule has 0 bridgehead atoms. The molecule has 12 aromatic rings. The molecule has 0 amide bonds. The van der Waals surface area contributed by atoms with Gasteiger partial charge in [0.25, 0.3) is 0 Å². The quantitative estimate of drug-likeness (QED) is 0.118. The maximum atomic E-state index is 5.30. The van der Waals surface area contributed by atoms with Crippen LogP contribution >= 0.6 is 0 Å². The molecule has 13 rings (SSSR count). The van der Waals surface area contributed by atoms with E-state index in [4.69, 9.17) is 15.0 Å². The van der Waals surface area contributed by atoms with Crippen LogP contribution in [-0.2, 0) is 5.41 Å². The molecule has 1 aliphatic carbocycles. The van der Waals surface area contributed by atoms with Gasteiger partial charge in [-0.3, -0.25) is 0 Å². The summed E-state index contributed by atoms with van der Waals surface area (Å²) in [5.41, 5.74) is 14.3. The normalized spacial score (nSPS) is 12.6. The zero-order valence-corrected chi connectivity index (χ0v) is 36.5. The van der Waals surface area contributed by atoms with Crippen molar-refractivity contribution in [1.29, 1.82) is 0 Å². The molecule has 0 unspecified atom stereocenters. The van der Waals surface area contributed by atoms with Gasteiger partial charge in [0.05, 0.1) is 5.41 Å². The van der Waals surface area contributed by atoms with Crippen molar-refractivity contribution in [2.45, 2.75) is 5.41 Å². The van der Waals surface area contributed by atoms with Crippen LogP contribution in [0.5, 0.6) is 0 Å². The lowest BCUT2D eigenvalue weighted by molar-refractivity contribution is 0.768. The summed E-state index contributed by atoms with van der Waals surface area (Å²) in [4.78, 5) is 15.7. The van der Waals surface area contributed by atoms with Crippen molar-refractivity contribution in [1.82, 2.24) is 15.0 Å². The Morgan fingerprint density at radius 1 is 0.254 bits per heavy atom. The fraction of sp³-hybridized carbons (Fsp3) is 0.0156. The molecule has 1 aliphatic rings. The average Bonchev–Trinajstić information content (AvgIpc) is 3.71. The number of rotatable bonds is 7. The van der Waals surface area contributed by atoms with Crippen molar-refractivity contribution in [2.75, 3.05) is 0 Å². The van der Waals surface area contributed by atoms with Gasteiger partial charge in [0.2, 0.25) is 0 Å². The molecule has 3 heteroatoms. The molecule has 312 valence electrons. The number of aromatic nitrogens is 3. The van der Waals surface area contributed by atoms with E-state index in [1.165, 1.54) is 76.8 Å². The summed E-state index contributed by atoms with van der Waals surface area (Å²) in [6.07, 6.45) is 0. The molecule has 3 nitrogen and oxygen atoms in total. The van der Waals surface area contributed by atoms with E-state index in [2.05, 4.69) is 231 Å². The maximum absolute atomic E-state index is 5.30. The lowest BCUT2D eigenvalue weighted by Crippen LogP contribution is -2.28. The number of hydrogen-bond donors (Lipinski definition) is 0. The van der Waals surface area contributed by atoms with Crippen molar-refractivity contribution in [3.63, 3.8) is 0 Å². The first-order valence-electron chi connectivity index (χ1n) is 22.9. The SMILES string of the molecule is c1ccc(-c2nc(-c3cccc(-c4cccc(-c5c6ccccc6cc6c5ccc5ccccc56)c4)c3)nc(-c3ccc4c(c3)-c3ccccc3C4(c3ccccc3)c3ccccc3)n2)cc1. The molecule has 11 aromatic carbocycles. The molecule has 0 saturated carbocycles. The Balaban J connectivity index is 0.951. The van der Waals surface area contributed by atoms with Gasteiger partial charge in [0.1, 0.15) is 0 Å². The van der Waals surface area contributed by atoms with E-state index in [9.17, 15) is 0 Å². The topological polar surface area (TPSA) is 38.7 Å². The van der Waals surface area contributed by atoms with Crippen LogP contribution < -0.4 is 0 Å². The smallest absolute Gasteiger partial charge is 0.164 e. The Bertz CT molecular complexity index is 3820. The van der Waals surface area contributed by atoms with Crippen molar-refractivity contribution >= 4 is 32.3 Å². The number of hydrogen-bond acceptors (Lipinski definition) is 3. The molecule has 1 heterocycles. The highest BCUT2D eigenvalue weighted by atomic mass is 15.0. The van der Waals surface area contributed by atoms with Gasteiger partial charge in [0, 0.05) is 16.7 Å². The second-order valence-electron chi connectivity index (χ2n) is 17.5. The highest BCUT2D eigenvalue weighted by Crippen LogP contribution is 2.56. The van der Waals surface area contributed by atoms with Crippen molar-refractivity contribution < 1.29 is 0 Å². The lowest BCUT2D eigenvalue weighted by atomic mass is 9.67. The van der Waals surface area contributed by atoms with E-state index in [-0.39, 0.29) is 0 Å². The molecule has 0 N–H and O–H groups in total. The number of nitrogens with zero attached hydrogens (tertiary/aromatic N) is 3. The van der Waals surface area contributed by atoms with E-state index in [1.54, 1.807) is 0 Å². The van der Waals surface area contributed by atoms with E-state index < -0.39 is 5.41 Å². The van der Waals surface area contributed by atoms with Crippen molar-refractivity contribution in [3.8, 4) is 67.5 Å². The zero-order valence-electron chi connectivity index (χ0n) is 36.5. The largest absolute Gasteiger partial charge is 0.208 e. The molecule has 0 saturated heterocycles. The summed E-state index contributed by atoms with van der Waals surface area (Å²) < 4.78 is 0. The summed E-state index contributed by atoms with van der Waals surface area (Å²) >= 11 is 0. The van der Waals surface area contributed by atoms with E-state index >= 15 is 0 Å². The standard InChI is InChI=1S/C64H41N3/c1-4-19-43(20-5-1)61-65-62(67-63(66-61)49-35-37-59-57(41-49)54-32-14-15-33-58(54)64(59,50-26-6-2-7-27-50)51-28-8-3-9-29-51)48-25-17-23-45(39-48)44-22-16-24-47(38-44)60-53-31-13-11-21-46(53)40-56-52-30-12-10-18-42(52)34-36-55(56)60/h1-41H. The van der Waals surface area contributed by atoms with Gasteiger partial charge in [0.15, 0.2) is 17.5 Å². The minimum atomic E-state index is -0.487.